The molecule has 1 aliphatic heterocycles. The minimum atomic E-state index is -3.97. The number of benzene rings is 2. The average molecular weight is 747 g/mol. The third kappa shape index (κ3) is 6.89. The van der Waals surface area contributed by atoms with Crippen LogP contribution in [0.5, 0.6) is 5.88 Å². The van der Waals surface area contributed by atoms with Gasteiger partial charge in [0.1, 0.15) is 16.5 Å². The van der Waals surface area contributed by atoms with Crippen molar-refractivity contribution in [2.24, 2.45) is 5.41 Å². The van der Waals surface area contributed by atoms with Crippen molar-refractivity contribution in [2.45, 2.75) is 83.1 Å². The summed E-state index contributed by atoms with van der Waals surface area (Å²) in [7, 11) is -7.60. The Morgan fingerprint density at radius 2 is 1.81 bits per heavy atom. The van der Waals surface area contributed by atoms with Gasteiger partial charge in [0.2, 0.25) is 36.8 Å². The van der Waals surface area contributed by atoms with Crippen molar-refractivity contribution in [1.29, 1.82) is 0 Å². The number of nitrogens with zero attached hydrogens (tertiary/aromatic N) is 7. The summed E-state index contributed by atoms with van der Waals surface area (Å²) >= 11 is 0. The Balaban J connectivity index is 1.44. The van der Waals surface area contributed by atoms with E-state index in [4.69, 9.17) is 4.74 Å². The molecule has 0 bridgehead atoms. The van der Waals surface area contributed by atoms with Gasteiger partial charge in [0, 0.05) is 31.5 Å². The van der Waals surface area contributed by atoms with Gasteiger partial charge in [0.05, 0.1) is 35.6 Å². The van der Waals surface area contributed by atoms with E-state index in [1.54, 1.807) is 6.07 Å². The number of ether oxygens (including phenoxy) is 1. The topological polar surface area (TPSA) is 179 Å². The first-order valence-corrected chi connectivity index (χ1v) is 20.3. The zero-order valence-corrected chi connectivity index (χ0v) is 31.8. The molecule has 0 aliphatic carbocycles. The number of nitrogens with one attached hydrogen (secondary N) is 1. The summed E-state index contributed by atoms with van der Waals surface area (Å²) in [6.45, 7) is 12.3. The van der Waals surface area contributed by atoms with Crippen molar-refractivity contribution in [3.8, 4) is 5.88 Å². The lowest BCUT2D eigenvalue weighted by atomic mass is 9.69. The van der Waals surface area contributed by atoms with Crippen LogP contribution >= 0.6 is 0 Å². The number of aromatic nitrogens is 6. The number of anilines is 1. The third-order valence-corrected chi connectivity index (χ3v) is 12.4. The van der Waals surface area contributed by atoms with E-state index in [-0.39, 0.29) is 40.6 Å². The largest absolute Gasteiger partial charge is 0.472 e. The fraction of sp³-hybridized carbons (Fsp3) is 0.389. The smallest absolute Gasteiger partial charge is 0.248 e. The molecule has 5 aromatic rings. The van der Waals surface area contributed by atoms with Crippen LogP contribution in [0.2, 0.25) is 0 Å². The highest BCUT2D eigenvalue weighted by Crippen LogP contribution is 2.45. The van der Waals surface area contributed by atoms with Crippen LogP contribution in [0.1, 0.15) is 67.9 Å². The van der Waals surface area contributed by atoms with Crippen LogP contribution in [0.15, 0.2) is 71.1 Å². The second-order valence-corrected chi connectivity index (χ2v) is 17.4. The molecule has 14 nitrogen and oxygen atoms in total. The van der Waals surface area contributed by atoms with E-state index < -0.39 is 37.3 Å². The van der Waals surface area contributed by atoms with Gasteiger partial charge in [-0.3, -0.25) is 4.79 Å². The summed E-state index contributed by atoms with van der Waals surface area (Å²) in [6.07, 6.45) is 5.24. The van der Waals surface area contributed by atoms with Crippen molar-refractivity contribution >= 4 is 42.5 Å². The SMILES string of the molecule is CC[C@@H]1CN(Cc2cc([C@@H](c3ccc4c(nnn4CC)c3C)C(C)(C)C(=O)Nc3cnc(S(C)(=O)=O)nc3)ccc2C)S(=O)(=O)c2cccnc2O1. The molecule has 0 spiro atoms. The Morgan fingerprint density at radius 3 is 2.48 bits per heavy atom. The maximum Gasteiger partial charge on any atom is 0.248 e. The zero-order chi connectivity index (χ0) is 37.6. The van der Waals surface area contributed by atoms with Gasteiger partial charge in [-0.1, -0.05) is 50.3 Å². The molecule has 0 radical (unpaired) electrons. The standard InChI is InChI=1S/C36H42N8O6S2/c1-8-27-21-43(52(48,49)30-11-10-16-37-33(30)50-27)20-25-17-24(13-12-22(25)3)31(28-14-15-29-32(23(28)4)41-42-44(29)9-2)36(5,6)34(45)40-26-18-38-35(39-19-26)51(7,46)47/h10-19,27,31H,8-9,20-21H2,1-7H3,(H,40,45)/t27-,31+/m1/s1. The number of pyridine rings is 1. The minimum Gasteiger partial charge on any atom is -0.472 e. The number of hydrogen-bond acceptors (Lipinski definition) is 11. The fourth-order valence-electron chi connectivity index (χ4n) is 6.62. The van der Waals surface area contributed by atoms with Gasteiger partial charge in [-0.2, -0.15) is 4.31 Å². The van der Waals surface area contributed by atoms with Gasteiger partial charge in [-0.15, -0.1) is 5.10 Å². The number of amides is 1. The number of sulfone groups is 1. The third-order valence-electron chi connectivity index (χ3n) is 9.67. The van der Waals surface area contributed by atoms with Crippen molar-refractivity contribution in [1.82, 2.24) is 34.3 Å². The molecule has 2 atom stereocenters. The second-order valence-electron chi connectivity index (χ2n) is 13.6. The highest BCUT2D eigenvalue weighted by Gasteiger charge is 2.41. The lowest BCUT2D eigenvalue weighted by molar-refractivity contribution is -0.124. The normalized spacial score (nSPS) is 16.9. The molecule has 0 fully saturated rings. The summed E-state index contributed by atoms with van der Waals surface area (Å²) in [6, 6.07) is 12.9. The van der Waals surface area contributed by atoms with Crippen LogP contribution in [0.25, 0.3) is 11.0 Å². The Kier molecular flexibility index (Phi) is 9.93. The van der Waals surface area contributed by atoms with Gasteiger partial charge in [0.15, 0.2) is 0 Å². The number of carbonyl (C=O) groups is 1. The maximum absolute atomic E-state index is 14.3. The minimum absolute atomic E-state index is 0.0213. The lowest BCUT2D eigenvalue weighted by Gasteiger charge is -2.35. The van der Waals surface area contributed by atoms with Crippen molar-refractivity contribution < 1.29 is 26.4 Å². The molecule has 3 aromatic heterocycles. The molecule has 1 amide bonds. The monoisotopic (exact) mass is 746 g/mol. The Hall–Kier alpha value is -4.80. The van der Waals surface area contributed by atoms with Gasteiger partial charge in [-0.05, 0) is 73.2 Å². The Morgan fingerprint density at radius 1 is 1.08 bits per heavy atom. The summed E-state index contributed by atoms with van der Waals surface area (Å²) in [5, 5.41) is 11.3. The molecular formula is C36H42N8O6S2. The highest BCUT2D eigenvalue weighted by molar-refractivity contribution is 7.90. The van der Waals surface area contributed by atoms with Gasteiger partial charge < -0.3 is 10.1 Å². The molecule has 0 unspecified atom stereocenters. The molecule has 1 aliphatic rings. The van der Waals surface area contributed by atoms with Crippen molar-refractivity contribution in [3.63, 3.8) is 0 Å². The van der Waals surface area contributed by atoms with Crippen molar-refractivity contribution in [2.75, 3.05) is 18.1 Å². The fourth-order valence-corrected chi connectivity index (χ4v) is 8.63. The summed E-state index contributed by atoms with van der Waals surface area (Å²) in [5.41, 5.74) is 4.81. The predicted molar refractivity (Wildman–Crippen MR) is 195 cm³/mol. The van der Waals surface area contributed by atoms with Gasteiger partial charge in [0.25, 0.3) is 0 Å². The molecule has 2 aromatic carbocycles. The van der Waals surface area contributed by atoms with Gasteiger partial charge in [-0.25, -0.2) is 36.5 Å². The summed E-state index contributed by atoms with van der Waals surface area (Å²) in [5.74, 6) is -0.830. The number of rotatable bonds is 10. The van der Waals surface area contributed by atoms with E-state index in [9.17, 15) is 21.6 Å². The lowest BCUT2D eigenvalue weighted by Crippen LogP contribution is -2.38. The number of sulfonamides is 1. The quantitative estimate of drug-likeness (QED) is 0.194. The van der Waals surface area contributed by atoms with E-state index in [0.29, 0.717) is 18.5 Å². The number of fused-ring (bicyclic) bond motifs is 2. The summed E-state index contributed by atoms with van der Waals surface area (Å²) in [4.78, 5) is 26.4. The molecule has 4 heterocycles. The molecule has 274 valence electrons. The van der Waals surface area contributed by atoms with E-state index in [2.05, 4.69) is 30.6 Å². The van der Waals surface area contributed by atoms with Crippen LogP contribution in [0.3, 0.4) is 0 Å². The molecule has 6 rings (SSSR count). The maximum atomic E-state index is 14.3. The molecular weight excluding hydrogens is 705 g/mol. The van der Waals surface area contributed by atoms with Crippen LogP contribution in [0.4, 0.5) is 5.69 Å². The molecule has 16 heteroatoms. The van der Waals surface area contributed by atoms with Crippen LogP contribution in [-0.4, -0.2) is 75.9 Å². The first-order valence-electron chi connectivity index (χ1n) is 16.9. The molecule has 0 saturated heterocycles. The van der Waals surface area contributed by atoms with Crippen molar-refractivity contribution in [3.05, 3.63) is 88.9 Å². The van der Waals surface area contributed by atoms with E-state index in [0.717, 1.165) is 39.6 Å². The average Bonchev–Trinajstić information content (AvgIpc) is 3.49. The summed E-state index contributed by atoms with van der Waals surface area (Å²) < 4.78 is 61.2. The van der Waals surface area contributed by atoms with Crippen LogP contribution in [-0.2, 0) is 37.7 Å². The predicted octanol–water partition coefficient (Wildman–Crippen LogP) is 4.82. The highest BCUT2D eigenvalue weighted by atomic mass is 32.2. The van der Waals surface area contributed by atoms with E-state index in [1.807, 2.05) is 76.6 Å². The van der Waals surface area contributed by atoms with Crippen LogP contribution < -0.4 is 10.1 Å². The zero-order valence-electron chi connectivity index (χ0n) is 30.2. The number of aryl methyl sites for hydroxylation is 3. The molecule has 1 N–H and O–H groups in total. The Bertz CT molecular complexity index is 2380. The molecule has 52 heavy (non-hydrogen) atoms. The van der Waals surface area contributed by atoms with E-state index in [1.165, 1.54) is 29.0 Å². The number of hydrogen-bond donors (Lipinski definition) is 1. The van der Waals surface area contributed by atoms with Gasteiger partial charge >= 0.3 is 0 Å². The Labute approximate surface area is 303 Å². The first-order chi connectivity index (χ1) is 24.6. The number of carbonyl (C=O) groups excluding carboxylic acids is 1. The van der Waals surface area contributed by atoms with E-state index >= 15 is 0 Å². The second kappa shape index (κ2) is 14.0. The first kappa shape index (κ1) is 37.0. The molecule has 0 saturated carbocycles. The van der Waals surface area contributed by atoms with Crippen LogP contribution in [0, 0.1) is 19.3 Å².